The Labute approximate surface area is 150 Å². The summed E-state index contributed by atoms with van der Waals surface area (Å²) < 4.78 is 11.4. The van der Waals surface area contributed by atoms with Crippen LogP contribution in [0.4, 0.5) is 0 Å². The molecule has 0 radical (unpaired) electrons. The first kappa shape index (κ1) is 17.7. The largest absolute Gasteiger partial charge is 0.493 e. The maximum atomic E-state index is 5.89. The summed E-state index contributed by atoms with van der Waals surface area (Å²) in [6.45, 7) is 3.58. The second kappa shape index (κ2) is 8.83. The number of aromatic nitrogens is 1. The van der Waals surface area contributed by atoms with Gasteiger partial charge in [-0.3, -0.25) is 4.98 Å². The van der Waals surface area contributed by atoms with E-state index in [2.05, 4.69) is 28.3 Å². The van der Waals surface area contributed by atoms with E-state index in [9.17, 15) is 0 Å². The van der Waals surface area contributed by atoms with Crippen molar-refractivity contribution in [3.05, 3.63) is 53.9 Å². The Morgan fingerprint density at radius 2 is 2.00 bits per heavy atom. The van der Waals surface area contributed by atoms with E-state index in [1.54, 1.807) is 19.5 Å². The van der Waals surface area contributed by atoms with Crippen LogP contribution in [0.3, 0.4) is 0 Å². The van der Waals surface area contributed by atoms with Gasteiger partial charge in [-0.15, -0.1) is 0 Å². The Balaban J connectivity index is 1.53. The van der Waals surface area contributed by atoms with E-state index in [0.29, 0.717) is 12.6 Å². The van der Waals surface area contributed by atoms with Crippen molar-refractivity contribution in [3.63, 3.8) is 0 Å². The SMILES string of the molecule is COc1cc(CNCC2CCCN2C)ccc1OCc1ccncc1. The highest BCUT2D eigenvalue weighted by atomic mass is 16.5. The van der Waals surface area contributed by atoms with Gasteiger partial charge in [0, 0.05) is 31.5 Å². The maximum Gasteiger partial charge on any atom is 0.161 e. The molecule has 1 aliphatic rings. The lowest BCUT2D eigenvalue weighted by Gasteiger charge is -2.20. The van der Waals surface area contributed by atoms with Gasteiger partial charge in [0.25, 0.3) is 0 Å². The van der Waals surface area contributed by atoms with Crippen LogP contribution < -0.4 is 14.8 Å². The molecular weight excluding hydrogens is 314 g/mol. The number of benzene rings is 1. The van der Waals surface area contributed by atoms with Crippen LogP contribution >= 0.6 is 0 Å². The lowest BCUT2D eigenvalue weighted by Crippen LogP contribution is -2.35. The summed E-state index contributed by atoms with van der Waals surface area (Å²) in [4.78, 5) is 6.45. The fourth-order valence-electron chi connectivity index (χ4n) is 3.20. The summed E-state index contributed by atoms with van der Waals surface area (Å²) in [5, 5.41) is 3.56. The Kier molecular flexibility index (Phi) is 6.25. The standard InChI is InChI=1S/C20H27N3O2/c1-23-11-3-4-18(23)14-22-13-17-5-6-19(20(12-17)24-2)25-15-16-7-9-21-10-8-16/h5-10,12,18,22H,3-4,11,13-15H2,1-2H3. The average molecular weight is 341 g/mol. The predicted octanol–water partition coefficient (Wildman–Crippen LogP) is 2.85. The molecule has 3 rings (SSSR count). The number of hydrogen-bond donors (Lipinski definition) is 1. The van der Waals surface area contributed by atoms with Crippen molar-refractivity contribution < 1.29 is 9.47 Å². The van der Waals surface area contributed by atoms with E-state index < -0.39 is 0 Å². The number of pyridine rings is 1. The van der Waals surface area contributed by atoms with Gasteiger partial charge in [-0.2, -0.15) is 0 Å². The van der Waals surface area contributed by atoms with E-state index >= 15 is 0 Å². The Morgan fingerprint density at radius 3 is 2.72 bits per heavy atom. The molecule has 2 aromatic rings. The molecule has 1 saturated heterocycles. The number of likely N-dealkylation sites (N-methyl/N-ethyl adjacent to an activating group) is 1. The van der Waals surface area contributed by atoms with E-state index in [1.165, 1.54) is 24.9 Å². The van der Waals surface area contributed by atoms with E-state index in [4.69, 9.17) is 9.47 Å². The average Bonchev–Trinajstić information content (AvgIpc) is 3.06. The topological polar surface area (TPSA) is 46.6 Å². The number of nitrogens with one attached hydrogen (secondary N) is 1. The van der Waals surface area contributed by atoms with E-state index in [1.807, 2.05) is 24.3 Å². The van der Waals surface area contributed by atoms with Crippen LogP contribution in [0, 0.1) is 0 Å². The first-order chi connectivity index (χ1) is 12.3. The van der Waals surface area contributed by atoms with Gasteiger partial charge < -0.3 is 19.7 Å². The van der Waals surface area contributed by atoms with Crippen LogP contribution in [0.5, 0.6) is 11.5 Å². The summed E-state index contributed by atoms with van der Waals surface area (Å²) in [6, 6.07) is 10.7. The summed E-state index contributed by atoms with van der Waals surface area (Å²) in [7, 11) is 3.89. The number of likely N-dealkylation sites (tertiary alicyclic amines) is 1. The lowest BCUT2D eigenvalue weighted by molar-refractivity contribution is 0.284. The molecule has 1 aromatic carbocycles. The summed E-state index contributed by atoms with van der Waals surface area (Å²) in [5.74, 6) is 1.53. The quantitative estimate of drug-likeness (QED) is 0.800. The first-order valence-corrected chi connectivity index (χ1v) is 8.86. The Hall–Kier alpha value is -2.11. The Morgan fingerprint density at radius 1 is 1.16 bits per heavy atom. The minimum Gasteiger partial charge on any atom is -0.493 e. The first-order valence-electron chi connectivity index (χ1n) is 8.86. The molecule has 5 nitrogen and oxygen atoms in total. The summed E-state index contributed by atoms with van der Waals surface area (Å²) in [6.07, 6.45) is 6.13. The molecule has 0 aliphatic carbocycles. The molecule has 0 saturated carbocycles. The van der Waals surface area contributed by atoms with Crippen molar-refractivity contribution in [2.45, 2.75) is 32.0 Å². The van der Waals surface area contributed by atoms with Crippen molar-refractivity contribution in [3.8, 4) is 11.5 Å². The molecule has 0 spiro atoms. The van der Waals surface area contributed by atoms with Gasteiger partial charge >= 0.3 is 0 Å². The molecule has 1 aromatic heterocycles. The normalized spacial score (nSPS) is 17.6. The molecule has 0 amide bonds. The molecule has 1 unspecified atom stereocenters. The van der Waals surface area contributed by atoms with Crippen LogP contribution in [-0.4, -0.2) is 43.2 Å². The molecule has 5 heteroatoms. The number of methoxy groups -OCH3 is 1. The maximum absolute atomic E-state index is 5.89. The third-order valence-corrected chi connectivity index (χ3v) is 4.75. The molecule has 134 valence electrons. The molecule has 0 bridgehead atoms. The summed E-state index contributed by atoms with van der Waals surface area (Å²) >= 11 is 0. The number of rotatable bonds is 8. The zero-order valence-electron chi connectivity index (χ0n) is 15.1. The highest BCUT2D eigenvalue weighted by Gasteiger charge is 2.19. The van der Waals surface area contributed by atoms with Crippen molar-refractivity contribution in [2.24, 2.45) is 0 Å². The number of nitrogens with zero attached hydrogens (tertiary/aromatic N) is 2. The zero-order valence-corrected chi connectivity index (χ0v) is 15.1. The third-order valence-electron chi connectivity index (χ3n) is 4.75. The molecule has 1 fully saturated rings. The molecule has 25 heavy (non-hydrogen) atoms. The van der Waals surface area contributed by atoms with Gasteiger partial charge in [-0.1, -0.05) is 6.07 Å². The van der Waals surface area contributed by atoms with Crippen molar-refractivity contribution >= 4 is 0 Å². The minimum atomic E-state index is 0.504. The molecule has 1 aliphatic heterocycles. The minimum absolute atomic E-state index is 0.504. The zero-order chi connectivity index (χ0) is 17.5. The second-order valence-corrected chi connectivity index (χ2v) is 6.54. The number of hydrogen-bond acceptors (Lipinski definition) is 5. The summed E-state index contributed by atoms with van der Waals surface area (Å²) in [5.41, 5.74) is 2.29. The number of ether oxygens (including phenoxy) is 2. The van der Waals surface area contributed by atoms with Gasteiger partial charge in [0.2, 0.25) is 0 Å². The van der Waals surface area contributed by atoms with Crippen LogP contribution in [0.15, 0.2) is 42.7 Å². The Bertz CT molecular complexity index is 663. The van der Waals surface area contributed by atoms with Crippen molar-refractivity contribution in [1.82, 2.24) is 15.2 Å². The fraction of sp³-hybridized carbons (Fsp3) is 0.450. The smallest absolute Gasteiger partial charge is 0.161 e. The van der Waals surface area contributed by atoms with Crippen LogP contribution in [0.2, 0.25) is 0 Å². The van der Waals surface area contributed by atoms with Crippen molar-refractivity contribution in [1.29, 1.82) is 0 Å². The highest BCUT2D eigenvalue weighted by molar-refractivity contribution is 5.43. The highest BCUT2D eigenvalue weighted by Crippen LogP contribution is 2.28. The third kappa shape index (κ3) is 4.94. The predicted molar refractivity (Wildman–Crippen MR) is 98.9 cm³/mol. The van der Waals surface area contributed by atoms with E-state index in [-0.39, 0.29) is 0 Å². The van der Waals surface area contributed by atoms with Crippen LogP contribution in [0.1, 0.15) is 24.0 Å². The lowest BCUT2D eigenvalue weighted by atomic mass is 10.2. The van der Waals surface area contributed by atoms with Gasteiger partial charge in [-0.25, -0.2) is 0 Å². The monoisotopic (exact) mass is 341 g/mol. The van der Waals surface area contributed by atoms with Gasteiger partial charge in [0.05, 0.1) is 7.11 Å². The molecule has 2 heterocycles. The van der Waals surface area contributed by atoms with Gasteiger partial charge in [0.1, 0.15) is 6.61 Å². The van der Waals surface area contributed by atoms with Crippen molar-refractivity contribution in [2.75, 3.05) is 27.2 Å². The molecule has 1 N–H and O–H groups in total. The molecular formula is C20H27N3O2. The fourth-order valence-corrected chi connectivity index (χ4v) is 3.20. The molecule has 1 atom stereocenters. The van der Waals surface area contributed by atoms with E-state index in [0.717, 1.165) is 30.2 Å². The van der Waals surface area contributed by atoms with Gasteiger partial charge in [-0.05, 0) is 61.8 Å². The second-order valence-electron chi connectivity index (χ2n) is 6.54. The van der Waals surface area contributed by atoms with Crippen LogP contribution in [0.25, 0.3) is 0 Å². The van der Waals surface area contributed by atoms with Gasteiger partial charge in [0.15, 0.2) is 11.5 Å². The van der Waals surface area contributed by atoms with Crippen LogP contribution in [-0.2, 0) is 13.2 Å².